The van der Waals surface area contributed by atoms with E-state index in [9.17, 15) is 4.79 Å². The van der Waals surface area contributed by atoms with E-state index in [4.69, 9.17) is 0 Å². The number of nitrogens with zero attached hydrogens (tertiary/aromatic N) is 2. The van der Waals surface area contributed by atoms with Gasteiger partial charge in [-0.2, -0.15) is 11.8 Å². The third-order valence-corrected chi connectivity index (χ3v) is 5.17. The average Bonchev–Trinajstić information content (AvgIpc) is 3.02. The summed E-state index contributed by atoms with van der Waals surface area (Å²) in [7, 11) is 0. The van der Waals surface area contributed by atoms with Gasteiger partial charge in [-0.05, 0) is 37.3 Å². The highest BCUT2D eigenvalue weighted by Gasteiger charge is 2.28. The Morgan fingerprint density at radius 2 is 2.07 bits per heavy atom. The smallest absolute Gasteiger partial charge is 0.223 e. The van der Waals surface area contributed by atoms with Crippen LogP contribution in [0.1, 0.15) is 25.3 Å². The van der Waals surface area contributed by atoms with Crippen LogP contribution in [0.4, 0.5) is 0 Å². The Hall–Kier alpha value is -0.960. The number of carbonyl (C=O) groups is 1. The molecule has 27 heavy (non-hydrogen) atoms. The zero-order valence-corrected chi connectivity index (χ0v) is 19.6. The maximum absolute atomic E-state index is 12.3. The van der Waals surface area contributed by atoms with Crippen LogP contribution in [0.5, 0.6) is 0 Å². The molecule has 5 nitrogen and oxygen atoms in total. The molecule has 0 saturated carbocycles. The van der Waals surface area contributed by atoms with Gasteiger partial charge in [0.05, 0.1) is 0 Å². The number of aliphatic imine (C=N–C) groups is 1. The van der Waals surface area contributed by atoms with Crippen LogP contribution in [0.15, 0.2) is 35.3 Å². The Morgan fingerprint density at radius 3 is 2.78 bits per heavy atom. The molecule has 1 aliphatic rings. The molecule has 1 unspecified atom stereocenters. The van der Waals surface area contributed by atoms with Crippen molar-refractivity contribution in [1.82, 2.24) is 15.5 Å². The van der Waals surface area contributed by atoms with E-state index in [1.54, 1.807) is 0 Å². The van der Waals surface area contributed by atoms with Gasteiger partial charge in [-0.25, -0.2) is 0 Å². The van der Waals surface area contributed by atoms with Crippen molar-refractivity contribution in [1.29, 1.82) is 0 Å². The highest BCUT2D eigenvalue weighted by atomic mass is 127. The Bertz CT molecular complexity index is 570. The molecule has 2 N–H and O–H groups in total. The number of carbonyl (C=O) groups excluding carboxylic acids is 1. The van der Waals surface area contributed by atoms with E-state index in [1.165, 1.54) is 5.56 Å². The van der Waals surface area contributed by atoms with Crippen LogP contribution in [0, 0.1) is 5.92 Å². The van der Waals surface area contributed by atoms with E-state index in [2.05, 4.69) is 40.9 Å². The minimum Gasteiger partial charge on any atom is -0.357 e. The summed E-state index contributed by atoms with van der Waals surface area (Å²) in [6.45, 7) is 6.17. The predicted octanol–water partition coefficient (Wildman–Crippen LogP) is 3.00. The van der Waals surface area contributed by atoms with Crippen molar-refractivity contribution in [2.45, 2.75) is 26.2 Å². The molecule has 0 bridgehead atoms. The van der Waals surface area contributed by atoms with Crippen molar-refractivity contribution in [2.24, 2.45) is 10.9 Å². The molecule has 1 atom stereocenters. The molecule has 1 aromatic rings. The zero-order valence-electron chi connectivity index (χ0n) is 16.4. The second-order valence-electron chi connectivity index (χ2n) is 6.64. The van der Waals surface area contributed by atoms with E-state index in [0.29, 0.717) is 18.9 Å². The summed E-state index contributed by atoms with van der Waals surface area (Å²) >= 11 is 1.86. The number of nitrogens with one attached hydrogen (secondary N) is 2. The van der Waals surface area contributed by atoms with Crippen LogP contribution in [-0.4, -0.2) is 61.5 Å². The topological polar surface area (TPSA) is 56.7 Å². The predicted molar refractivity (Wildman–Crippen MR) is 127 cm³/mol. The second kappa shape index (κ2) is 14.1. The third kappa shape index (κ3) is 9.19. The third-order valence-electron chi connectivity index (χ3n) is 4.48. The van der Waals surface area contributed by atoms with Gasteiger partial charge < -0.3 is 15.5 Å². The Kier molecular flexibility index (Phi) is 12.6. The molecular weight excluding hydrogens is 471 g/mol. The summed E-state index contributed by atoms with van der Waals surface area (Å²) in [5.41, 5.74) is 1.28. The molecule has 0 radical (unpaired) electrons. The number of amides is 1. The molecule has 2 rings (SSSR count). The summed E-state index contributed by atoms with van der Waals surface area (Å²) in [4.78, 5) is 18.9. The molecule has 0 spiro atoms. The van der Waals surface area contributed by atoms with Crippen molar-refractivity contribution in [3.63, 3.8) is 0 Å². The lowest BCUT2D eigenvalue weighted by Crippen LogP contribution is -2.38. The van der Waals surface area contributed by atoms with Crippen molar-refractivity contribution in [3.05, 3.63) is 35.9 Å². The monoisotopic (exact) mass is 504 g/mol. The number of hydrogen-bond donors (Lipinski definition) is 2. The number of likely N-dealkylation sites (tertiary alicyclic amines) is 1. The van der Waals surface area contributed by atoms with Gasteiger partial charge in [0.2, 0.25) is 5.91 Å². The number of hydrogen-bond acceptors (Lipinski definition) is 3. The van der Waals surface area contributed by atoms with Crippen molar-refractivity contribution >= 4 is 47.6 Å². The molecule has 1 amide bonds. The highest BCUT2D eigenvalue weighted by Crippen LogP contribution is 2.18. The molecule has 0 aliphatic carbocycles. The maximum atomic E-state index is 12.3. The lowest BCUT2D eigenvalue weighted by atomic mass is 10.1. The van der Waals surface area contributed by atoms with Gasteiger partial charge in [0.25, 0.3) is 0 Å². The minimum absolute atomic E-state index is 0. The fraction of sp³-hybridized carbons (Fsp3) is 0.600. The van der Waals surface area contributed by atoms with Crippen molar-refractivity contribution in [3.8, 4) is 0 Å². The van der Waals surface area contributed by atoms with E-state index in [1.807, 2.05) is 34.9 Å². The van der Waals surface area contributed by atoms with Crippen LogP contribution >= 0.6 is 35.7 Å². The number of benzene rings is 1. The van der Waals surface area contributed by atoms with Crippen LogP contribution in [-0.2, 0) is 11.2 Å². The molecule has 0 aromatic heterocycles. The molecule has 7 heteroatoms. The number of guanidine groups is 1. The first-order valence-electron chi connectivity index (χ1n) is 9.55. The lowest BCUT2D eigenvalue weighted by molar-refractivity contribution is -0.127. The molecule has 1 heterocycles. The van der Waals surface area contributed by atoms with Gasteiger partial charge in [-0.3, -0.25) is 9.79 Å². The minimum atomic E-state index is 0. The van der Waals surface area contributed by atoms with Crippen LogP contribution < -0.4 is 10.6 Å². The van der Waals surface area contributed by atoms with Crippen molar-refractivity contribution < 1.29 is 4.79 Å². The van der Waals surface area contributed by atoms with Gasteiger partial charge in [-0.15, -0.1) is 24.0 Å². The van der Waals surface area contributed by atoms with Crippen LogP contribution in [0.25, 0.3) is 0 Å². The van der Waals surface area contributed by atoms with Gasteiger partial charge in [-0.1, -0.05) is 30.3 Å². The Labute approximate surface area is 185 Å². The van der Waals surface area contributed by atoms with Crippen LogP contribution in [0.2, 0.25) is 0 Å². The first kappa shape index (κ1) is 24.1. The first-order valence-corrected chi connectivity index (χ1v) is 10.9. The zero-order chi connectivity index (χ0) is 18.6. The quantitative estimate of drug-likeness (QED) is 0.223. The van der Waals surface area contributed by atoms with E-state index in [-0.39, 0.29) is 29.9 Å². The lowest BCUT2D eigenvalue weighted by Gasteiger charge is -2.16. The van der Waals surface area contributed by atoms with E-state index < -0.39 is 0 Å². The van der Waals surface area contributed by atoms with Gasteiger partial charge in [0.1, 0.15) is 0 Å². The molecular formula is C20H33IN4OS. The summed E-state index contributed by atoms with van der Waals surface area (Å²) < 4.78 is 0. The molecule has 1 aliphatic heterocycles. The molecule has 152 valence electrons. The maximum Gasteiger partial charge on any atom is 0.223 e. The van der Waals surface area contributed by atoms with E-state index >= 15 is 0 Å². The first-order chi connectivity index (χ1) is 12.7. The van der Waals surface area contributed by atoms with Gasteiger partial charge in [0.15, 0.2) is 5.96 Å². The SMILES string of the molecule is CCNC(=NCC1CC(=O)N(CCc2ccccc2)C1)NCCCSC.I. The summed E-state index contributed by atoms with van der Waals surface area (Å²) in [6, 6.07) is 10.4. The Morgan fingerprint density at radius 1 is 1.30 bits per heavy atom. The normalized spacial score (nSPS) is 17.0. The van der Waals surface area contributed by atoms with Gasteiger partial charge >= 0.3 is 0 Å². The highest BCUT2D eigenvalue weighted by molar-refractivity contribution is 14.0. The Balaban J connectivity index is 0.00000364. The average molecular weight is 504 g/mol. The fourth-order valence-corrected chi connectivity index (χ4v) is 3.52. The second-order valence-corrected chi connectivity index (χ2v) is 7.62. The number of rotatable bonds is 10. The summed E-state index contributed by atoms with van der Waals surface area (Å²) in [5.74, 6) is 2.60. The fourth-order valence-electron chi connectivity index (χ4n) is 3.09. The molecule has 1 saturated heterocycles. The molecule has 1 aromatic carbocycles. The van der Waals surface area contributed by atoms with Crippen LogP contribution in [0.3, 0.4) is 0 Å². The number of halogens is 1. The van der Waals surface area contributed by atoms with Gasteiger partial charge in [0, 0.05) is 45.1 Å². The summed E-state index contributed by atoms with van der Waals surface area (Å²) in [5, 5.41) is 6.66. The summed E-state index contributed by atoms with van der Waals surface area (Å²) in [6.07, 6.45) is 4.78. The number of thioether (sulfide) groups is 1. The standard InChI is InChI=1S/C20H32N4OS.HI/c1-3-21-20(22-11-7-13-26-2)23-15-18-14-19(25)24(16-18)12-10-17-8-5-4-6-9-17;/h4-6,8-9,18H,3,7,10-16H2,1-2H3,(H2,21,22,23);1H. The van der Waals surface area contributed by atoms with Crippen molar-refractivity contribution in [2.75, 3.05) is 44.7 Å². The largest absolute Gasteiger partial charge is 0.357 e. The van der Waals surface area contributed by atoms with E-state index in [0.717, 1.165) is 50.7 Å². The molecule has 1 fully saturated rings.